The number of carbonyl (C=O) groups is 1. The van der Waals surface area contributed by atoms with Gasteiger partial charge in [-0.15, -0.1) is 0 Å². The second kappa shape index (κ2) is 4.40. The van der Waals surface area contributed by atoms with Crippen LogP contribution in [0.3, 0.4) is 0 Å². The molecule has 7 heteroatoms. The minimum absolute atomic E-state index is 0.527. The summed E-state index contributed by atoms with van der Waals surface area (Å²) in [5, 5.41) is 17.9. The Labute approximate surface area is 88.1 Å². The minimum atomic E-state index is -3.03. The van der Waals surface area contributed by atoms with Crippen molar-refractivity contribution < 1.29 is 28.2 Å². The summed E-state index contributed by atoms with van der Waals surface area (Å²) in [5.41, 5.74) is 3.57. The number of hydrogen-bond donors (Lipinski definition) is 3. The van der Waals surface area contributed by atoms with Crippen molar-refractivity contribution in [1.82, 2.24) is 0 Å². The summed E-state index contributed by atoms with van der Waals surface area (Å²) in [6.07, 6.45) is -3.03. The first kappa shape index (κ1) is 12.3. The molecule has 4 nitrogen and oxygen atoms in total. The van der Waals surface area contributed by atoms with Gasteiger partial charge >= 0.3 is 5.97 Å². The highest BCUT2D eigenvalue weighted by Gasteiger charge is 2.25. The van der Waals surface area contributed by atoms with E-state index < -0.39 is 41.1 Å². The van der Waals surface area contributed by atoms with Crippen molar-refractivity contribution >= 4 is 5.97 Å². The number of benzene rings is 1. The molecule has 1 aromatic rings. The fourth-order valence-electron chi connectivity index (χ4n) is 1.17. The van der Waals surface area contributed by atoms with Crippen molar-refractivity contribution in [3.63, 3.8) is 0 Å². The third kappa shape index (κ3) is 2.25. The zero-order chi connectivity index (χ0) is 12.5. The van der Waals surface area contributed by atoms with Crippen molar-refractivity contribution in [2.45, 2.75) is 12.5 Å². The minimum Gasteiger partial charge on any atom is -0.507 e. The molecule has 1 rings (SSSR count). The Kier molecular flexibility index (Phi) is 3.38. The first-order chi connectivity index (χ1) is 7.34. The molecular formula is C9H8F3NO3. The molecule has 16 heavy (non-hydrogen) atoms. The number of nitrogens with two attached hydrogens (primary N) is 1. The molecule has 4 N–H and O–H groups in total. The van der Waals surface area contributed by atoms with E-state index in [9.17, 15) is 23.1 Å². The number of aromatic hydroxyl groups is 1. The molecule has 0 amide bonds. The van der Waals surface area contributed by atoms with Crippen molar-refractivity contribution in [3.8, 4) is 5.75 Å². The molecule has 0 spiro atoms. The van der Waals surface area contributed by atoms with Gasteiger partial charge in [-0.2, -0.15) is 0 Å². The summed E-state index contributed by atoms with van der Waals surface area (Å²) >= 11 is 0. The molecule has 0 aromatic heterocycles. The SMILES string of the molecule is N[C@@H](c1cc(F)cc(C(=O)O)c1O)C(F)F. The fraction of sp³-hybridized carbons (Fsp3) is 0.222. The van der Waals surface area contributed by atoms with Crippen LogP contribution in [0, 0.1) is 5.82 Å². The Morgan fingerprint density at radius 2 is 1.94 bits per heavy atom. The summed E-state index contributed by atoms with van der Waals surface area (Å²) < 4.78 is 37.4. The van der Waals surface area contributed by atoms with E-state index in [-0.39, 0.29) is 0 Å². The normalized spacial score (nSPS) is 12.8. The molecule has 1 atom stereocenters. The maximum atomic E-state index is 12.9. The van der Waals surface area contributed by atoms with Gasteiger partial charge in [0.1, 0.15) is 17.1 Å². The Morgan fingerprint density at radius 1 is 1.38 bits per heavy atom. The summed E-state index contributed by atoms with van der Waals surface area (Å²) in [6.45, 7) is 0. The number of rotatable bonds is 3. The van der Waals surface area contributed by atoms with Gasteiger partial charge in [0.25, 0.3) is 6.43 Å². The van der Waals surface area contributed by atoms with Gasteiger partial charge in [-0.1, -0.05) is 0 Å². The monoisotopic (exact) mass is 235 g/mol. The van der Waals surface area contributed by atoms with E-state index in [0.29, 0.717) is 12.1 Å². The molecule has 0 radical (unpaired) electrons. The lowest BCUT2D eigenvalue weighted by molar-refractivity contribution is 0.0691. The third-order valence-electron chi connectivity index (χ3n) is 1.97. The van der Waals surface area contributed by atoms with Crippen molar-refractivity contribution in [3.05, 3.63) is 29.1 Å². The van der Waals surface area contributed by atoms with E-state index in [0.717, 1.165) is 0 Å². The predicted octanol–water partition coefficient (Wildman–Crippen LogP) is 1.49. The first-order valence-electron chi connectivity index (χ1n) is 4.14. The van der Waals surface area contributed by atoms with Crippen LogP contribution in [0.1, 0.15) is 22.0 Å². The lowest BCUT2D eigenvalue weighted by Gasteiger charge is -2.14. The lowest BCUT2D eigenvalue weighted by Crippen LogP contribution is -2.20. The van der Waals surface area contributed by atoms with Gasteiger partial charge in [0.2, 0.25) is 0 Å². The maximum Gasteiger partial charge on any atom is 0.339 e. The molecular weight excluding hydrogens is 227 g/mol. The largest absolute Gasteiger partial charge is 0.507 e. The van der Waals surface area contributed by atoms with Crippen LogP contribution in [-0.4, -0.2) is 22.6 Å². The van der Waals surface area contributed by atoms with Gasteiger partial charge in [0.05, 0.1) is 6.04 Å². The van der Waals surface area contributed by atoms with Crippen molar-refractivity contribution in [1.29, 1.82) is 0 Å². The van der Waals surface area contributed by atoms with E-state index in [1.807, 2.05) is 0 Å². The second-order valence-corrected chi connectivity index (χ2v) is 3.06. The quantitative estimate of drug-likeness (QED) is 0.741. The van der Waals surface area contributed by atoms with E-state index in [2.05, 4.69) is 0 Å². The summed E-state index contributed by atoms with van der Waals surface area (Å²) in [6, 6.07) is -0.827. The standard InChI is InChI=1S/C9H8F3NO3/c10-3-1-4(6(13)8(11)12)7(14)5(2-3)9(15)16/h1-2,6,8,14H,13H2,(H,15,16)/t6-/m0/s1. The molecule has 0 unspecified atom stereocenters. The number of halogens is 3. The van der Waals surface area contributed by atoms with Crippen LogP contribution in [-0.2, 0) is 0 Å². The Balaban J connectivity index is 3.35. The average Bonchev–Trinajstić information content (AvgIpc) is 2.19. The molecule has 0 saturated carbocycles. The molecule has 88 valence electrons. The second-order valence-electron chi connectivity index (χ2n) is 3.06. The number of alkyl halides is 2. The maximum absolute atomic E-state index is 12.9. The highest BCUT2D eigenvalue weighted by Crippen LogP contribution is 2.31. The van der Waals surface area contributed by atoms with Gasteiger partial charge in [0.15, 0.2) is 0 Å². The molecule has 0 heterocycles. The Hall–Kier alpha value is -1.76. The smallest absolute Gasteiger partial charge is 0.339 e. The van der Waals surface area contributed by atoms with Crippen LogP contribution in [0.25, 0.3) is 0 Å². The van der Waals surface area contributed by atoms with Crippen LogP contribution >= 0.6 is 0 Å². The van der Waals surface area contributed by atoms with E-state index >= 15 is 0 Å². The van der Waals surface area contributed by atoms with Crippen molar-refractivity contribution in [2.75, 3.05) is 0 Å². The van der Waals surface area contributed by atoms with Gasteiger partial charge < -0.3 is 15.9 Å². The van der Waals surface area contributed by atoms with Gasteiger partial charge in [-0.05, 0) is 12.1 Å². The summed E-state index contributed by atoms with van der Waals surface area (Å²) in [5.74, 6) is -3.62. The molecule has 0 saturated heterocycles. The zero-order valence-corrected chi connectivity index (χ0v) is 7.82. The average molecular weight is 235 g/mol. The topological polar surface area (TPSA) is 83.6 Å². The van der Waals surface area contributed by atoms with Crippen LogP contribution in [0.15, 0.2) is 12.1 Å². The molecule has 0 aliphatic carbocycles. The summed E-state index contributed by atoms with van der Waals surface area (Å²) in [7, 11) is 0. The number of phenols is 1. The molecule has 0 aliphatic heterocycles. The fourth-order valence-corrected chi connectivity index (χ4v) is 1.17. The number of hydrogen-bond acceptors (Lipinski definition) is 3. The zero-order valence-electron chi connectivity index (χ0n) is 7.82. The van der Waals surface area contributed by atoms with Crippen molar-refractivity contribution in [2.24, 2.45) is 5.73 Å². The highest BCUT2D eigenvalue weighted by atomic mass is 19.3. The van der Waals surface area contributed by atoms with Crippen LogP contribution in [0.5, 0.6) is 5.75 Å². The lowest BCUT2D eigenvalue weighted by atomic mass is 10.0. The Bertz CT molecular complexity index is 423. The van der Waals surface area contributed by atoms with Crippen LogP contribution < -0.4 is 5.73 Å². The molecule has 1 aromatic carbocycles. The van der Waals surface area contributed by atoms with E-state index in [1.54, 1.807) is 0 Å². The number of carboxylic acids is 1. The van der Waals surface area contributed by atoms with E-state index in [4.69, 9.17) is 10.8 Å². The molecule has 0 fully saturated rings. The highest BCUT2D eigenvalue weighted by molar-refractivity contribution is 5.91. The number of carboxylic acid groups (broad SMARTS) is 1. The Morgan fingerprint density at radius 3 is 2.38 bits per heavy atom. The van der Waals surface area contributed by atoms with Gasteiger partial charge in [0, 0.05) is 5.56 Å². The van der Waals surface area contributed by atoms with Gasteiger partial charge in [-0.3, -0.25) is 0 Å². The molecule has 0 bridgehead atoms. The summed E-state index contributed by atoms with van der Waals surface area (Å²) in [4.78, 5) is 10.6. The molecule has 0 aliphatic rings. The predicted molar refractivity (Wildman–Crippen MR) is 48.0 cm³/mol. The van der Waals surface area contributed by atoms with E-state index in [1.165, 1.54) is 0 Å². The number of aromatic carboxylic acids is 1. The van der Waals surface area contributed by atoms with Gasteiger partial charge in [-0.25, -0.2) is 18.0 Å². The third-order valence-corrected chi connectivity index (χ3v) is 1.97. The van der Waals surface area contributed by atoms with Crippen LogP contribution in [0.2, 0.25) is 0 Å². The van der Waals surface area contributed by atoms with Crippen LogP contribution in [0.4, 0.5) is 13.2 Å². The first-order valence-corrected chi connectivity index (χ1v) is 4.14.